The number of carbonyl (C=O) groups is 4. The highest BCUT2D eigenvalue weighted by atomic mass is 32.2. The van der Waals surface area contributed by atoms with Gasteiger partial charge in [0.2, 0.25) is 34.2 Å². The van der Waals surface area contributed by atoms with Crippen LogP contribution in [-0.2, 0) is 30.8 Å². The number of aryl methyl sites for hydroxylation is 1. The molecule has 288 valence electrons. The van der Waals surface area contributed by atoms with Crippen LogP contribution < -0.4 is 21.3 Å². The molecule has 0 aromatic heterocycles. The number of likely N-dealkylation sites (tertiary alicyclic amines) is 1. The van der Waals surface area contributed by atoms with E-state index >= 15 is 0 Å². The number of fused-ring (bicyclic) bond motifs is 1. The molecule has 0 radical (unpaired) electrons. The predicted octanol–water partition coefficient (Wildman–Crippen LogP) is 3.30. The number of likely N-dealkylation sites (N-methyl/N-ethyl adjacent to an activating group) is 1. The Morgan fingerprint density at radius 1 is 1.00 bits per heavy atom. The summed E-state index contributed by atoms with van der Waals surface area (Å²) in [7, 11) is -2.11. The molecule has 0 unspecified atom stereocenters. The molecule has 15 heteroatoms. The predicted molar refractivity (Wildman–Crippen MR) is 192 cm³/mol. The lowest BCUT2D eigenvalue weighted by Gasteiger charge is -2.39. The van der Waals surface area contributed by atoms with E-state index < -0.39 is 81.6 Å². The summed E-state index contributed by atoms with van der Waals surface area (Å²) in [5.74, 6) is -2.27. The van der Waals surface area contributed by atoms with E-state index in [9.17, 15) is 36.4 Å². The van der Waals surface area contributed by atoms with Crippen molar-refractivity contribution < 1.29 is 36.4 Å². The number of sulfonamides is 1. The van der Waals surface area contributed by atoms with Gasteiger partial charge in [0.25, 0.3) is 0 Å². The Morgan fingerprint density at radius 3 is 2.14 bits per heavy atom. The van der Waals surface area contributed by atoms with Crippen LogP contribution in [0.3, 0.4) is 0 Å². The fourth-order valence-electron chi connectivity index (χ4n) is 6.89. The number of urea groups is 1. The smallest absolute Gasteiger partial charge is 0.315 e. The molecule has 0 bridgehead atoms. The van der Waals surface area contributed by atoms with Crippen LogP contribution in [0.1, 0.15) is 72.9 Å². The Kier molecular flexibility index (Phi) is 13.0. The minimum Gasteiger partial charge on any atom is -0.354 e. The van der Waals surface area contributed by atoms with E-state index in [1.54, 1.807) is 20.8 Å². The van der Waals surface area contributed by atoms with Crippen molar-refractivity contribution in [3.05, 3.63) is 35.4 Å². The molecular weight excluding hydrogens is 682 g/mol. The molecule has 1 heterocycles. The molecule has 5 amide bonds. The number of amides is 5. The van der Waals surface area contributed by atoms with Crippen LogP contribution in [0.5, 0.6) is 0 Å². The second-order valence-electron chi connectivity index (χ2n) is 16.9. The first kappa shape index (κ1) is 42.1. The molecule has 4 N–H and O–H groups in total. The average molecular weight is 741 g/mol. The molecule has 1 aromatic rings. The highest BCUT2D eigenvalue weighted by molar-refractivity contribution is 7.88. The highest BCUT2D eigenvalue weighted by Crippen LogP contribution is 2.65. The summed E-state index contributed by atoms with van der Waals surface area (Å²) in [6.07, 6.45) is -2.21. The number of benzene rings is 1. The summed E-state index contributed by atoms with van der Waals surface area (Å²) in [6.45, 7) is 17.2. The zero-order chi connectivity index (χ0) is 38.9. The molecule has 2 aliphatic rings. The summed E-state index contributed by atoms with van der Waals surface area (Å²) < 4.78 is 52.8. The van der Waals surface area contributed by atoms with Crippen molar-refractivity contribution in [1.82, 2.24) is 30.5 Å². The van der Waals surface area contributed by atoms with E-state index in [1.165, 1.54) is 11.9 Å². The zero-order valence-electron chi connectivity index (χ0n) is 31.9. The van der Waals surface area contributed by atoms with Crippen LogP contribution >= 0.6 is 0 Å². The quantitative estimate of drug-likeness (QED) is 0.230. The minimum absolute atomic E-state index is 0.00401. The molecular formula is C36H58F2N6O6S. The SMILES string of the molecule is Cc1ccccc1CCNC(=O)[C@H](CC(F)F)NC(=O)[C@@H]1[C@@H]2[C@H](CN1C(=O)[C@@H](NC(=O)N[C@H](CN(C)S(C)(=O)=O)C(C)(C)C)C(C)(C)C)C2(C)C. The van der Waals surface area contributed by atoms with Gasteiger partial charge in [0.1, 0.15) is 18.1 Å². The van der Waals surface area contributed by atoms with E-state index in [1.807, 2.05) is 65.8 Å². The Morgan fingerprint density at radius 2 is 1.61 bits per heavy atom. The Labute approximate surface area is 302 Å². The number of hydrogen-bond donors (Lipinski definition) is 4. The third kappa shape index (κ3) is 10.6. The van der Waals surface area contributed by atoms with Crippen molar-refractivity contribution in [3.63, 3.8) is 0 Å². The van der Waals surface area contributed by atoms with Crippen LogP contribution in [0.2, 0.25) is 0 Å². The minimum atomic E-state index is -3.53. The molecule has 1 saturated carbocycles. The maximum absolute atomic E-state index is 14.3. The number of halogens is 2. The van der Waals surface area contributed by atoms with Crippen molar-refractivity contribution in [3.8, 4) is 0 Å². The Hall–Kier alpha value is -3.33. The van der Waals surface area contributed by atoms with Gasteiger partial charge in [0.15, 0.2) is 0 Å². The molecule has 1 saturated heterocycles. The summed E-state index contributed by atoms with van der Waals surface area (Å²) >= 11 is 0. The Bertz CT molecular complexity index is 1560. The second-order valence-corrected chi connectivity index (χ2v) is 19.0. The Balaban J connectivity index is 1.80. The third-order valence-corrected chi connectivity index (χ3v) is 11.8. The maximum atomic E-state index is 14.3. The van der Waals surface area contributed by atoms with Gasteiger partial charge < -0.3 is 26.2 Å². The van der Waals surface area contributed by atoms with Gasteiger partial charge in [-0.05, 0) is 52.6 Å². The fraction of sp³-hybridized carbons (Fsp3) is 0.722. The molecule has 6 atom stereocenters. The van der Waals surface area contributed by atoms with Crippen molar-refractivity contribution in [2.24, 2.45) is 28.1 Å². The molecule has 51 heavy (non-hydrogen) atoms. The average Bonchev–Trinajstić information content (AvgIpc) is 3.29. The van der Waals surface area contributed by atoms with Gasteiger partial charge in [0.05, 0.1) is 6.26 Å². The highest BCUT2D eigenvalue weighted by Gasteiger charge is 2.70. The summed E-state index contributed by atoms with van der Waals surface area (Å²) in [4.78, 5) is 56.3. The lowest BCUT2D eigenvalue weighted by molar-refractivity contribution is -0.144. The fourth-order valence-corrected chi connectivity index (χ4v) is 7.31. The van der Waals surface area contributed by atoms with Gasteiger partial charge in [-0.3, -0.25) is 14.4 Å². The first-order valence-corrected chi connectivity index (χ1v) is 19.3. The number of hydrogen-bond acceptors (Lipinski definition) is 6. The number of carbonyl (C=O) groups excluding carboxylic acids is 4. The normalized spacial score (nSPS) is 21.8. The number of rotatable bonds is 14. The zero-order valence-corrected chi connectivity index (χ0v) is 32.7. The second kappa shape index (κ2) is 15.7. The van der Waals surface area contributed by atoms with Crippen molar-refractivity contribution in [2.75, 3.05) is 32.9 Å². The van der Waals surface area contributed by atoms with Crippen molar-refractivity contribution in [1.29, 1.82) is 0 Å². The molecule has 1 aliphatic heterocycles. The molecule has 1 aromatic carbocycles. The maximum Gasteiger partial charge on any atom is 0.315 e. The van der Waals surface area contributed by atoms with Crippen molar-refractivity contribution >= 4 is 33.8 Å². The van der Waals surface area contributed by atoms with Gasteiger partial charge in [-0.25, -0.2) is 26.3 Å². The first-order valence-electron chi connectivity index (χ1n) is 17.5. The van der Waals surface area contributed by atoms with Gasteiger partial charge in [-0.1, -0.05) is 79.7 Å². The monoisotopic (exact) mass is 740 g/mol. The molecule has 1 aliphatic carbocycles. The van der Waals surface area contributed by atoms with Gasteiger partial charge >= 0.3 is 6.03 Å². The van der Waals surface area contributed by atoms with Crippen LogP contribution in [0.15, 0.2) is 24.3 Å². The summed E-state index contributed by atoms with van der Waals surface area (Å²) in [5, 5.41) is 10.8. The number of nitrogens with zero attached hydrogens (tertiary/aromatic N) is 2. The van der Waals surface area contributed by atoms with E-state index in [0.29, 0.717) is 6.42 Å². The lowest BCUT2D eigenvalue weighted by atomic mass is 9.85. The topological polar surface area (TPSA) is 157 Å². The molecule has 12 nitrogen and oxygen atoms in total. The van der Waals surface area contributed by atoms with Crippen molar-refractivity contribution in [2.45, 2.75) is 106 Å². The van der Waals surface area contributed by atoms with Crippen LogP contribution in [0.25, 0.3) is 0 Å². The third-order valence-electron chi connectivity index (χ3n) is 10.5. The first-order chi connectivity index (χ1) is 23.3. The van der Waals surface area contributed by atoms with Gasteiger partial charge in [-0.15, -0.1) is 0 Å². The van der Waals surface area contributed by atoms with Crippen LogP contribution in [0, 0.1) is 35.0 Å². The number of piperidine rings is 1. The van der Waals surface area contributed by atoms with E-state index in [0.717, 1.165) is 21.7 Å². The molecule has 0 spiro atoms. The summed E-state index contributed by atoms with van der Waals surface area (Å²) in [5.41, 5.74) is 0.351. The standard InChI is InChI=1S/C36H58F2N6O6S/c1-21-14-12-13-15-22(21)16-17-39-30(45)24(18-26(37)38)40-31(46)28-27-23(36(27,8)9)19-44(28)32(47)29(35(5,6)7)42-33(48)41-25(34(2,3)4)20-43(10)51(11,49)50/h12-15,23-29H,16-20H2,1-11H3,(H,39,45)(H,40,46)(H2,41,42,48)/t23-,24-,25+,27-,28-,29+/m0/s1. The van der Waals surface area contributed by atoms with E-state index in [2.05, 4.69) is 21.3 Å². The molecule has 2 fully saturated rings. The van der Waals surface area contributed by atoms with Crippen LogP contribution in [-0.4, -0.2) is 105 Å². The van der Waals surface area contributed by atoms with E-state index in [-0.39, 0.29) is 36.9 Å². The number of alkyl halides is 2. The van der Waals surface area contributed by atoms with Gasteiger partial charge in [0, 0.05) is 39.1 Å². The van der Waals surface area contributed by atoms with Gasteiger partial charge in [-0.2, -0.15) is 0 Å². The largest absolute Gasteiger partial charge is 0.354 e. The van der Waals surface area contributed by atoms with Crippen LogP contribution in [0.4, 0.5) is 13.6 Å². The molecule has 3 rings (SSSR count). The summed E-state index contributed by atoms with van der Waals surface area (Å²) in [6, 6.07) is 2.65. The lowest BCUT2D eigenvalue weighted by Crippen LogP contribution is -2.62. The van der Waals surface area contributed by atoms with E-state index in [4.69, 9.17) is 0 Å². The number of nitrogens with one attached hydrogen (secondary N) is 4.